The van der Waals surface area contributed by atoms with E-state index in [2.05, 4.69) is 0 Å². The van der Waals surface area contributed by atoms with Gasteiger partial charge in [-0.3, -0.25) is 29.4 Å². The van der Waals surface area contributed by atoms with Gasteiger partial charge in [-0.05, 0) is 36.4 Å². The Hall–Kier alpha value is -4.40. The number of hydrogen-bond donors (Lipinski definition) is 0. The number of fused-ring (bicyclic) bond motifs is 1. The predicted octanol–water partition coefficient (Wildman–Crippen LogP) is 3.68. The third-order valence-electron chi connectivity index (χ3n) is 5.09. The highest BCUT2D eigenvalue weighted by Crippen LogP contribution is 2.24. The molecule has 0 aromatic heterocycles. The van der Waals surface area contributed by atoms with Gasteiger partial charge in [-0.15, -0.1) is 0 Å². The van der Waals surface area contributed by atoms with Gasteiger partial charge in [0.15, 0.2) is 0 Å². The largest absolute Gasteiger partial charge is 0.306 e. The first-order chi connectivity index (χ1) is 15.4. The van der Waals surface area contributed by atoms with Gasteiger partial charge in [0.1, 0.15) is 5.82 Å². The highest BCUT2D eigenvalue weighted by molar-refractivity contribution is 6.21. The molecule has 1 aliphatic rings. The summed E-state index contributed by atoms with van der Waals surface area (Å²) < 4.78 is 13.9. The average Bonchev–Trinajstić information content (AvgIpc) is 3.04. The molecule has 0 spiro atoms. The minimum Gasteiger partial charge on any atom is -0.306 e. The van der Waals surface area contributed by atoms with E-state index >= 15 is 0 Å². The Morgan fingerprint density at radius 3 is 2.22 bits per heavy atom. The van der Waals surface area contributed by atoms with Crippen LogP contribution in [0.1, 0.15) is 31.1 Å². The van der Waals surface area contributed by atoms with E-state index in [4.69, 9.17) is 0 Å². The lowest BCUT2D eigenvalue weighted by Crippen LogP contribution is -2.41. The Kier molecular flexibility index (Phi) is 5.46. The molecule has 0 radical (unpaired) electrons. The zero-order chi connectivity index (χ0) is 22.8. The number of nitrogens with zero attached hydrogens (tertiary/aromatic N) is 3. The van der Waals surface area contributed by atoms with E-state index in [1.807, 2.05) is 0 Å². The Morgan fingerprint density at radius 1 is 0.938 bits per heavy atom. The molecule has 1 aliphatic heterocycles. The second-order valence-corrected chi connectivity index (χ2v) is 7.05. The van der Waals surface area contributed by atoms with Crippen LogP contribution in [0, 0.1) is 15.9 Å². The highest BCUT2D eigenvalue weighted by atomic mass is 19.1. The van der Waals surface area contributed by atoms with Gasteiger partial charge in [0, 0.05) is 36.5 Å². The van der Waals surface area contributed by atoms with Crippen LogP contribution < -0.4 is 4.90 Å². The monoisotopic (exact) mass is 433 g/mol. The van der Waals surface area contributed by atoms with Crippen LogP contribution in [-0.4, -0.2) is 40.6 Å². The van der Waals surface area contributed by atoms with Crippen LogP contribution in [0.4, 0.5) is 15.8 Å². The van der Waals surface area contributed by atoms with Gasteiger partial charge >= 0.3 is 0 Å². The number of carbonyl (C=O) groups excluding carboxylic acids is 3. The molecule has 0 bridgehead atoms. The molecule has 0 unspecified atom stereocenters. The molecule has 8 nitrogen and oxygen atoms in total. The fourth-order valence-electron chi connectivity index (χ4n) is 3.54. The number of anilines is 1. The third kappa shape index (κ3) is 3.83. The molecule has 0 aliphatic carbocycles. The van der Waals surface area contributed by atoms with Gasteiger partial charge in [0.05, 0.1) is 16.1 Å². The van der Waals surface area contributed by atoms with Gasteiger partial charge in [-0.1, -0.05) is 24.3 Å². The maximum absolute atomic E-state index is 13.9. The van der Waals surface area contributed by atoms with Crippen molar-refractivity contribution in [3.8, 4) is 0 Å². The maximum Gasteiger partial charge on any atom is 0.270 e. The summed E-state index contributed by atoms with van der Waals surface area (Å²) in [7, 11) is 0. The standard InChI is InChI=1S/C23H16FN3O5/c24-16-6-4-7-17(14-16)25(21(28)15-5-3-8-18(13-15)27(31)32)11-12-26-22(29)19-9-1-2-10-20(19)23(26)30/h1-10,13-14H,11-12H2. The number of non-ortho nitro benzene ring substituents is 1. The number of benzene rings is 3. The molecular weight excluding hydrogens is 417 g/mol. The number of nitro groups is 1. The smallest absolute Gasteiger partial charge is 0.270 e. The molecular formula is C23H16FN3O5. The van der Waals surface area contributed by atoms with E-state index in [0.717, 1.165) is 17.0 Å². The normalized spacial score (nSPS) is 12.6. The van der Waals surface area contributed by atoms with Gasteiger partial charge in [0.25, 0.3) is 23.4 Å². The first-order valence-corrected chi connectivity index (χ1v) is 9.64. The Morgan fingerprint density at radius 2 is 1.59 bits per heavy atom. The molecule has 1 heterocycles. The van der Waals surface area contributed by atoms with E-state index in [1.54, 1.807) is 24.3 Å². The minimum atomic E-state index is -0.629. The molecule has 0 atom stereocenters. The van der Waals surface area contributed by atoms with Gasteiger partial charge in [-0.25, -0.2) is 4.39 Å². The van der Waals surface area contributed by atoms with Crippen LogP contribution in [0.15, 0.2) is 72.8 Å². The number of nitro benzene ring substituents is 1. The molecule has 0 fully saturated rings. The van der Waals surface area contributed by atoms with Gasteiger partial charge in [-0.2, -0.15) is 0 Å². The van der Waals surface area contributed by atoms with E-state index in [1.165, 1.54) is 41.3 Å². The third-order valence-corrected chi connectivity index (χ3v) is 5.09. The van der Waals surface area contributed by atoms with Crippen LogP contribution in [0.25, 0.3) is 0 Å². The number of rotatable bonds is 6. The Balaban J connectivity index is 1.63. The summed E-state index contributed by atoms with van der Waals surface area (Å²) in [4.78, 5) is 51.2. The lowest BCUT2D eigenvalue weighted by molar-refractivity contribution is -0.384. The molecule has 3 aromatic carbocycles. The second kappa shape index (κ2) is 8.38. The van der Waals surface area contributed by atoms with Gasteiger partial charge < -0.3 is 4.90 Å². The second-order valence-electron chi connectivity index (χ2n) is 7.05. The van der Waals surface area contributed by atoms with Crippen molar-refractivity contribution in [3.63, 3.8) is 0 Å². The van der Waals surface area contributed by atoms with Crippen LogP contribution in [0.2, 0.25) is 0 Å². The van der Waals surface area contributed by atoms with Crippen molar-refractivity contribution in [2.45, 2.75) is 0 Å². The summed E-state index contributed by atoms with van der Waals surface area (Å²) in [6.07, 6.45) is 0. The minimum absolute atomic E-state index is 0.0193. The summed E-state index contributed by atoms with van der Waals surface area (Å²) in [6, 6.07) is 16.8. The van der Waals surface area contributed by atoms with Crippen molar-refractivity contribution in [1.82, 2.24) is 4.90 Å². The van der Waals surface area contributed by atoms with Gasteiger partial charge in [0.2, 0.25) is 0 Å². The summed E-state index contributed by atoms with van der Waals surface area (Å²) in [6.45, 7) is -0.264. The van der Waals surface area contributed by atoms with Crippen molar-refractivity contribution >= 4 is 29.1 Å². The van der Waals surface area contributed by atoms with E-state index in [-0.39, 0.29) is 41.2 Å². The molecule has 160 valence electrons. The number of imide groups is 1. The van der Waals surface area contributed by atoms with E-state index in [0.29, 0.717) is 0 Å². The summed E-state index contributed by atoms with van der Waals surface area (Å²) in [5.74, 6) is -2.17. The van der Waals surface area contributed by atoms with E-state index < -0.39 is 28.5 Å². The molecule has 32 heavy (non-hydrogen) atoms. The topological polar surface area (TPSA) is 101 Å². The predicted molar refractivity (Wildman–Crippen MR) is 113 cm³/mol. The fourth-order valence-corrected chi connectivity index (χ4v) is 3.54. The zero-order valence-corrected chi connectivity index (χ0v) is 16.6. The quantitative estimate of drug-likeness (QED) is 0.335. The SMILES string of the molecule is O=C1c2ccccc2C(=O)N1CCN(C(=O)c1cccc([N+](=O)[O-])c1)c1cccc(F)c1. The highest BCUT2D eigenvalue weighted by Gasteiger charge is 2.35. The van der Waals surface area contributed by atoms with E-state index in [9.17, 15) is 28.9 Å². The lowest BCUT2D eigenvalue weighted by atomic mass is 10.1. The zero-order valence-electron chi connectivity index (χ0n) is 16.6. The number of amides is 3. The summed E-state index contributed by atoms with van der Waals surface area (Å²) in [5.41, 5.74) is 0.499. The van der Waals surface area contributed by atoms with Crippen molar-refractivity contribution in [1.29, 1.82) is 0 Å². The lowest BCUT2D eigenvalue weighted by Gasteiger charge is -2.25. The number of hydrogen-bond acceptors (Lipinski definition) is 5. The first-order valence-electron chi connectivity index (χ1n) is 9.64. The Labute approximate surface area is 181 Å². The first kappa shape index (κ1) is 20.9. The average molecular weight is 433 g/mol. The van der Waals surface area contributed by atoms with Crippen LogP contribution in [0.5, 0.6) is 0 Å². The fraction of sp³-hybridized carbons (Fsp3) is 0.0870. The summed E-state index contributed by atoms with van der Waals surface area (Å²) in [5, 5.41) is 11.1. The molecule has 3 aromatic rings. The summed E-state index contributed by atoms with van der Waals surface area (Å²) >= 11 is 0. The van der Waals surface area contributed by atoms with Crippen molar-refractivity contribution < 1.29 is 23.7 Å². The molecule has 9 heteroatoms. The molecule has 0 N–H and O–H groups in total. The van der Waals surface area contributed by atoms with Crippen molar-refractivity contribution in [2.75, 3.05) is 18.0 Å². The molecule has 0 saturated carbocycles. The van der Waals surface area contributed by atoms with Crippen molar-refractivity contribution in [2.24, 2.45) is 0 Å². The van der Waals surface area contributed by atoms with Crippen LogP contribution in [-0.2, 0) is 0 Å². The van der Waals surface area contributed by atoms with Crippen molar-refractivity contribution in [3.05, 3.63) is 105 Å². The Bertz CT molecular complexity index is 1220. The molecule has 0 saturated heterocycles. The van der Waals surface area contributed by atoms with Crippen LogP contribution in [0.3, 0.4) is 0 Å². The number of carbonyl (C=O) groups is 3. The van der Waals surface area contributed by atoms with Crippen LogP contribution >= 0.6 is 0 Å². The molecule has 4 rings (SSSR count). The maximum atomic E-state index is 13.9. The number of halogens is 1. The molecule has 3 amide bonds.